The fourth-order valence-corrected chi connectivity index (χ4v) is 3.29. The first-order chi connectivity index (χ1) is 14.5. The lowest BCUT2D eigenvalue weighted by Crippen LogP contribution is -2.56. The van der Waals surface area contributed by atoms with Crippen LogP contribution in [-0.4, -0.2) is 40.5 Å². The Labute approximate surface area is 180 Å². The number of nitro groups is 1. The molecule has 0 saturated carbocycles. The van der Waals surface area contributed by atoms with Crippen molar-refractivity contribution in [1.82, 2.24) is 10.4 Å². The Balaban J connectivity index is 1.97. The molecule has 1 N–H and O–H groups in total. The summed E-state index contributed by atoms with van der Waals surface area (Å²) >= 11 is 0. The lowest BCUT2D eigenvalue weighted by molar-refractivity contribution is -0.385. The molecule has 1 aliphatic rings. The molecule has 0 spiro atoms. The molecule has 3 rings (SSSR count). The molecule has 0 aliphatic carbocycles. The van der Waals surface area contributed by atoms with Gasteiger partial charge in [-0.05, 0) is 58.4 Å². The molecule has 0 fully saturated rings. The maximum Gasteiger partial charge on any atom is 0.282 e. The van der Waals surface area contributed by atoms with Crippen molar-refractivity contribution in [2.24, 2.45) is 0 Å². The first kappa shape index (κ1) is 22.1. The minimum absolute atomic E-state index is 0.0980. The van der Waals surface area contributed by atoms with Gasteiger partial charge >= 0.3 is 0 Å². The number of ether oxygens (including phenoxy) is 2. The molecular weight excluding hydrogens is 402 g/mol. The Hall–Kier alpha value is -3.62. The van der Waals surface area contributed by atoms with Gasteiger partial charge in [0.05, 0.1) is 10.5 Å². The summed E-state index contributed by atoms with van der Waals surface area (Å²) in [5, 5.41) is 12.6. The SMILES string of the molecule is Cc1ccc([N+](=O)[O-])c(C(=O)N(NC(=O)c2ccc3c(c2C)OCCO3)C(C)(C)C)c1. The van der Waals surface area contributed by atoms with Crippen LogP contribution >= 0.6 is 0 Å². The van der Waals surface area contributed by atoms with Gasteiger partial charge in [-0.15, -0.1) is 0 Å². The molecule has 2 aromatic carbocycles. The number of carbonyl (C=O) groups excluding carboxylic acids is 2. The summed E-state index contributed by atoms with van der Waals surface area (Å²) < 4.78 is 11.2. The number of hydrogen-bond acceptors (Lipinski definition) is 6. The van der Waals surface area contributed by atoms with Crippen LogP contribution in [0.15, 0.2) is 30.3 Å². The molecule has 9 heteroatoms. The average molecular weight is 427 g/mol. The van der Waals surface area contributed by atoms with E-state index in [9.17, 15) is 19.7 Å². The van der Waals surface area contributed by atoms with Crippen molar-refractivity contribution in [2.75, 3.05) is 13.2 Å². The molecule has 0 bridgehead atoms. The van der Waals surface area contributed by atoms with Gasteiger partial charge < -0.3 is 9.47 Å². The number of fused-ring (bicyclic) bond motifs is 1. The van der Waals surface area contributed by atoms with E-state index >= 15 is 0 Å². The Morgan fingerprint density at radius 3 is 2.39 bits per heavy atom. The van der Waals surface area contributed by atoms with Gasteiger partial charge in [0.2, 0.25) is 0 Å². The average Bonchev–Trinajstić information content (AvgIpc) is 2.70. The van der Waals surface area contributed by atoms with E-state index < -0.39 is 22.3 Å². The largest absolute Gasteiger partial charge is 0.486 e. The lowest BCUT2D eigenvalue weighted by Gasteiger charge is -2.35. The van der Waals surface area contributed by atoms with E-state index in [1.54, 1.807) is 52.8 Å². The van der Waals surface area contributed by atoms with Gasteiger partial charge in [0.1, 0.15) is 18.8 Å². The summed E-state index contributed by atoms with van der Waals surface area (Å²) in [6, 6.07) is 7.54. The highest BCUT2D eigenvalue weighted by Gasteiger charge is 2.34. The second-order valence-electron chi connectivity index (χ2n) is 8.29. The molecule has 164 valence electrons. The fraction of sp³-hybridized carbons (Fsp3) is 0.364. The van der Waals surface area contributed by atoms with Gasteiger partial charge in [-0.3, -0.25) is 25.1 Å². The van der Waals surface area contributed by atoms with Gasteiger partial charge in [0.15, 0.2) is 11.5 Å². The van der Waals surface area contributed by atoms with E-state index in [0.29, 0.717) is 41.4 Å². The quantitative estimate of drug-likeness (QED) is 0.592. The Morgan fingerprint density at radius 2 is 1.74 bits per heavy atom. The van der Waals surface area contributed by atoms with Crippen LogP contribution in [0.1, 0.15) is 52.6 Å². The van der Waals surface area contributed by atoms with E-state index in [2.05, 4.69) is 5.43 Å². The minimum atomic E-state index is -0.855. The third-order valence-electron chi connectivity index (χ3n) is 4.87. The third kappa shape index (κ3) is 4.45. The van der Waals surface area contributed by atoms with E-state index in [-0.39, 0.29) is 11.3 Å². The van der Waals surface area contributed by atoms with Crippen LogP contribution < -0.4 is 14.9 Å². The van der Waals surface area contributed by atoms with Gasteiger partial charge in [0, 0.05) is 17.2 Å². The monoisotopic (exact) mass is 427 g/mol. The predicted molar refractivity (Wildman–Crippen MR) is 113 cm³/mol. The maximum absolute atomic E-state index is 13.3. The van der Waals surface area contributed by atoms with E-state index in [1.807, 2.05) is 0 Å². The first-order valence-corrected chi connectivity index (χ1v) is 9.80. The predicted octanol–water partition coefficient (Wildman–Crippen LogP) is 3.57. The van der Waals surface area contributed by atoms with Crippen molar-refractivity contribution in [3.8, 4) is 11.5 Å². The topological polar surface area (TPSA) is 111 Å². The van der Waals surface area contributed by atoms with Crippen molar-refractivity contribution < 1.29 is 24.0 Å². The number of rotatable bonds is 3. The highest BCUT2D eigenvalue weighted by molar-refractivity contribution is 6.02. The number of nitrogens with zero attached hydrogens (tertiary/aromatic N) is 2. The minimum Gasteiger partial charge on any atom is -0.486 e. The van der Waals surface area contributed by atoms with Gasteiger partial charge in [-0.25, -0.2) is 5.01 Å². The Morgan fingerprint density at radius 1 is 1.06 bits per heavy atom. The summed E-state index contributed by atoms with van der Waals surface area (Å²) in [7, 11) is 0. The molecule has 1 aliphatic heterocycles. The molecule has 0 unspecified atom stereocenters. The molecule has 0 atom stereocenters. The number of benzene rings is 2. The number of nitrogens with one attached hydrogen (secondary N) is 1. The molecule has 1 heterocycles. The van der Waals surface area contributed by atoms with Crippen molar-refractivity contribution in [3.05, 3.63) is 62.7 Å². The summed E-state index contributed by atoms with van der Waals surface area (Å²) in [4.78, 5) is 37.3. The summed E-state index contributed by atoms with van der Waals surface area (Å²) in [6.45, 7) is 9.45. The molecule has 2 aromatic rings. The van der Waals surface area contributed by atoms with Gasteiger partial charge in [0.25, 0.3) is 17.5 Å². The van der Waals surface area contributed by atoms with Gasteiger partial charge in [-0.2, -0.15) is 0 Å². The van der Waals surface area contributed by atoms with Crippen LogP contribution in [0.2, 0.25) is 0 Å². The van der Waals surface area contributed by atoms with E-state index in [4.69, 9.17) is 9.47 Å². The smallest absolute Gasteiger partial charge is 0.282 e. The fourth-order valence-electron chi connectivity index (χ4n) is 3.29. The summed E-state index contributed by atoms with van der Waals surface area (Å²) in [5.74, 6) is -0.166. The lowest BCUT2D eigenvalue weighted by atomic mass is 10.0. The second kappa shape index (κ2) is 8.25. The standard InChI is InChI=1S/C22H25N3O6/c1-13-6-8-17(25(28)29)16(12-13)21(27)24(22(3,4)5)23-20(26)15-7-9-18-19(14(15)2)31-11-10-30-18/h6-9,12H,10-11H2,1-5H3,(H,23,26). The molecule has 31 heavy (non-hydrogen) atoms. The van der Waals surface area contributed by atoms with Crippen LogP contribution in [0.5, 0.6) is 11.5 Å². The molecule has 9 nitrogen and oxygen atoms in total. The second-order valence-corrected chi connectivity index (χ2v) is 8.29. The highest BCUT2D eigenvalue weighted by Crippen LogP contribution is 2.35. The number of hydrazine groups is 1. The molecular formula is C22H25N3O6. The zero-order valence-electron chi connectivity index (χ0n) is 18.1. The van der Waals surface area contributed by atoms with E-state index in [1.165, 1.54) is 12.1 Å². The van der Waals surface area contributed by atoms with Crippen molar-refractivity contribution in [3.63, 3.8) is 0 Å². The van der Waals surface area contributed by atoms with Crippen LogP contribution in [0.25, 0.3) is 0 Å². The van der Waals surface area contributed by atoms with Crippen LogP contribution in [-0.2, 0) is 0 Å². The summed E-state index contributed by atoms with van der Waals surface area (Å²) in [5.41, 5.74) is 2.94. The number of hydrogen-bond donors (Lipinski definition) is 1. The Kier molecular flexibility index (Phi) is 5.88. The highest BCUT2D eigenvalue weighted by atomic mass is 16.6. The van der Waals surface area contributed by atoms with Crippen LogP contribution in [0.4, 0.5) is 5.69 Å². The van der Waals surface area contributed by atoms with Crippen molar-refractivity contribution in [1.29, 1.82) is 0 Å². The molecule has 2 amide bonds. The number of amides is 2. The number of nitro benzene ring substituents is 1. The molecule has 0 radical (unpaired) electrons. The third-order valence-corrected chi connectivity index (χ3v) is 4.87. The van der Waals surface area contributed by atoms with Crippen LogP contribution in [0, 0.1) is 24.0 Å². The molecule has 0 aromatic heterocycles. The van der Waals surface area contributed by atoms with E-state index in [0.717, 1.165) is 5.01 Å². The molecule has 0 saturated heterocycles. The number of carbonyl (C=O) groups is 2. The number of aryl methyl sites for hydroxylation is 1. The van der Waals surface area contributed by atoms with Gasteiger partial charge in [-0.1, -0.05) is 6.07 Å². The van der Waals surface area contributed by atoms with Crippen molar-refractivity contribution >= 4 is 17.5 Å². The maximum atomic E-state index is 13.3. The zero-order valence-corrected chi connectivity index (χ0v) is 18.1. The first-order valence-electron chi connectivity index (χ1n) is 9.80. The zero-order chi connectivity index (χ0) is 22.9. The summed E-state index contributed by atoms with van der Waals surface area (Å²) in [6.07, 6.45) is 0. The Bertz CT molecular complexity index is 1060. The van der Waals surface area contributed by atoms with Crippen LogP contribution in [0.3, 0.4) is 0 Å². The normalized spacial score (nSPS) is 12.8. The van der Waals surface area contributed by atoms with Crippen molar-refractivity contribution in [2.45, 2.75) is 40.2 Å².